The summed E-state index contributed by atoms with van der Waals surface area (Å²) in [5.41, 5.74) is 6.80. The number of nitrogens with zero attached hydrogens (tertiary/aromatic N) is 1. The third-order valence-corrected chi connectivity index (χ3v) is 7.65. The normalized spacial score (nSPS) is 11.3. The van der Waals surface area contributed by atoms with Gasteiger partial charge in [-0.15, -0.1) is 0 Å². The van der Waals surface area contributed by atoms with E-state index >= 15 is 0 Å². The van der Waals surface area contributed by atoms with Crippen LogP contribution >= 0.6 is 0 Å². The lowest BCUT2D eigenvalue weighted by atomic mass is 9.92. The smallest absolute Gasteiger partial charge is 0.115 e. The van der Waals surface area contributed by atoms with Crippen molar-refractivity contribution in [1.82, 2.24) is 0 Å². The summed E-state index contributed by atoms with van der Waals surface area (Å²) < 4.78 is 0. The van der Waals surface area contributed by atoms with Crippen LogP contribution in [0, 0.1) is 6.92 Å². The fourth-order valence-corrected chi connectivity index (χ4v) is 5.76. The molecule has 39 heavy (non-hydrogen) atoms. The molecule has 0 heterocycles. The van der Waals surface area contributed by atoms with Crippen LogP contribution in [-0.2, 0) is 0 Å². The SMILES string of the molecule is Cc1cc2c3ccccc3c(N(c3ccc(O)cc3)c3ccc(-c4ccccc4)cc3)cc2c2ccccc12. The number of fused-ring (bicyclic) bond motifs is 5. The van der Waals surface area contributed by atoms with Crippen molar-refractivity contribution in [1.29, 1.82) is 0 Å². The second-order valence-electron chi connectivity index (χ2n) is 10.0. The molecule has 0 fully saturated rings. The predicted octanol–water partition coefficient (Wildman–Crippen LogP) is 10.3. The van der Waals surface area contributed by atoms with Crippen LogP contribution in [0.2, 0.25) is 0 Å². The van der Waals surface area contributed by atoms with Crippen molar-refractivity contribution in [3.63, 3.8) is 0 Å². The van der Waals surface area contributed by atoms with Crippen LogP contribution in [0.5, 0.6) is 5.75 Å². The lowest BCUT2D eigenvalue weighted by Gasteiger charge is -2.28. The topological polar surface area (TPSA) is 23.5 Å². The fraction of sp³-hybridized carbons (Fsp3) is 0.0270. The Labute approximate surface area is 228 Å². The zero-order valence-electron chi connectivity index (χ0n) is 21.7. The van der Waals surface area contributed by atoms with E-state index in [0.29, 0.717) is 0 Å². The Balaban J connectivity index is 1.52. The van der Waals surface area contributed by atoms with Crippen LogP contribution in [-0.4, -0.2) is 5.11 Å². The molecule has 186 valence electrons. The number of hydrogen-bond donors (Lipinski definition) is 1. The second-order valence-corrected chi connectivity index (χ2v) is 10.0. The molecule has 0 spiro atoms. The number of phenolic OH excluding ortho intramolecular Hbond substituents is 1. The Bertz CT molecular complexity index is 1960. The quantitative estimate of drug-likeness (QED) is 0.243. The Morgan fingerprint density at radius 1 is 0.436 bits per heavy atom. The molecule has 0 unspecified atom stereocenters. The Hall–Kier alpha value is -5.08. The maximum absolute atomic E-state index is 10.1. The highest BCUT2D eigenvalue weighted by atomic mass is 16.3. The lowest BCUT2D eigenvalue weighted by molar-refractivity contribution is 0.475. The van der Waals surface area contributed by atoms with Gasteiger partial charge in [0.15, 0.2) is 0 Å². The van der Waals surface area contributed by atoms with Gasteiger partial charge in [-0.2, -0.15) is 0 Å². The van der Waals surface area contributed by atoms with Crippen molar-refractivity contribution in [2.45, 2.75) is 6.92 Å². The average molecular weight is 502 g/mol. The minimum absolute atomic E-state index is 0.253. The summed E-state index contributed by atoms with van der Waals surface area (Å²) in [6.07, 6.45) is 0. The third kappa shape index (κ3) is 3.98. The van der Waals surface area contributed by atoms with Crippen molar-refractivity contribution in [2.24, 2.45) is 0 Å². The van der Waals surface area contributed by atoms with E-state index in [4.69, 9.17) is 0 Å². The zero-order valence-corrected chi connectivity index (χ0v) is 21.7. The van der Waals surface area contributed by atoms with Gasteiger partial charge in [0, 0.05) is 16.8 Å². The molecule has 0 aliphatic rings. The van der Waals surface area contributed by atoms with Crippen LogP contribution in [0.15, 0.2) is 140 Å². The highest BCUT2D eigenvalue weighted by Crippen LogP contribution is 2.44. The number of phenols is 1. The number of hydrogen-bond acceptors (Lipinski definition) is 2. The molecule has 0 saturated heterocycles. The molecular weight excluding hydrogens is 474 g/mol. The average Bonchev–Trinajstić information content (AvgIpc) is 3.00. The van der Waals surface area contributed by atoms with Gasteiger partial charge in [0.05, 0.1) is 5.69 Å². The maximum Gasteiger partial charge on any atom is 0.115 e. The summed E-state index contributed by atoms with van der Waals surface area (Å²) in [6, 6.07) is 48.6. The summed E-state index contributed by atoms with van der Waals surface area (Å²) in [5, 5.41) is 17.5. The summed E-state index contributed by atoms with van der Waals surface area (Å²) in [7, 11) is 0. The van der Waals surface area contributed by atoms with Crippen molar-refractivity contribution < 1.29 is 5.11 Å². The van der Waals surface area contributed by atoms with Crippen molar-refractivity contribution in [3.05, 3.63) is 145 Å². The first-order valence-electron chi connectivity index (χ1n) is 13.3. The summed E-state index contributed by atoms with van der Waals surface area (Å²) in [4.78, 5) is 2.30. The van der Waals surface area contributed by atoms with Gasteiger partial charge in [-0.05, 0) is 93.0 Å². The van der Waals surface area contributed by atoms with Gasteiger partial charge < -0.3 is 10.0 Å². The fourth-order valence-electron chi connectivity index (χ4n) is 5.76. The summed E-state index contributed by atoms with van der Waals surface area (Å²) in [5.74, 6) is 0.253. The van der Waals surface area contributed by atoms with E-state index in [1.165, 1.54) is 49.0 Å². The van der Waals surface area contributed by atoms with E-state index in [1.807, 2.05) is 18.2 Å². The maximum atomic E-state index is 10.1. The van der Waals surface area contributed by atoms with Crippen LogP contribution in [0.4, 0.5) is 17.1 Å². The largest absolute Gasteiger partial charge is 0.508 e. The molecule has 0 aliphatic carbocycles. The molecule has 0 radical (unpaired) electrons. The number of anilines is 3. The van der Waals surface area contributed by atoms with E-state index in [9.17, 15) is 5.11 Å². The van der Waals surface area contributed by atoms with Gasteiger partial charge in [0.2, 0.25) is 0 Å². The molecule has 7 aromatic rings. The molecule has 7 rings (SSSR count). The Kier molecular flexibility index (Phi) is 5.53. The van der Waals surface area contributed by atoms with Crippen LogP contribution in [0.1, 0.15) is 5.56 Å². The molecule has 2 nitrogen and oxygen atoms in total. The Morgan fingerprint density at radius 2 is 0.923 bits per heavy atom. The van der Waals surface area contributed by atoms with E-state index in [1.54, 1.807) is 12.1 Å². The summed E-state index contributed by atoms with van der Waals surface area (Å²) in [6.45, 7) is 2.20. The molecule has 7 aromatic carbocycles. The van der Waals surface area contributed by atoms with Crippen LogP contribution in [0.25, 0.3) is 43.4 Å². The number of rotatable bonds is 4. The van der Waals surface area contributed by atoms with Gasteiger partial charge in [-0.25, -0.2) is 0 Å². The molecule has 0 aliphatic heterocycles. The molecular formula is C37H27NO. The molecule has 0 bridgehead atoms. The van der Waals surface area contributed by atoms with E-state index in [2.05, 4.69) is 121 Å². The van der Waals surface area contributed by atoms with Gasteiger partial charge in [-0.1, -0.05) is 97.1 Å². The standard InChI is InChI=1S/C37H27NO/c1-25-23-35-33-13-7-8-14-34(33)37(24-36(35)32-12-6-5-11-31(25)32)38(29-19-21-30(39)22-20-29)28-17-15-27(16-18-28)26-9-3-2-4-10-26/h2-24,39H,1H3. The van der Waals surface area contributed by atoms with Crippen LogP contribution in [0.3, 0.4) is 0 Å². The van der Waals surface area contributed by atoms with Gasteiger partial charge in [-0.3, -0.25) is 0 Å². The first-order valence-corrected chi connectivity index (χ1v) is 13.3. The highest BCUT2D eigenvalue weighted by molar-refractivity contribution is 6.22. The van der Waals surface area contributed by atoms with Gasteiger partial charge in [0.25, 0.3) is 0 Å². The van der Waals surface area contributed by atoms with Gasteiger partial charge in [0.1, 0.15) is 5.75 Å². The molecule has 0 atom stereocenters. The first kappa shape index (κ1) is 23.1. The number of benzene rings is 7. The molecule has 0 saturated carbocycles. The second kappa shape index (κ2) is 9.34. The lowest BCUT2D eigenvalue weighted by Crippen LogP contribution is -2.10. The van der Waals surface area contributed by atoms with Crippen molar-refractivity contribution in [2.75, 3.05) is 4.90 Å². The monoisotopic (exact) mass is 501 g/mol. The molecule has 2 heteroatoms. The van der Waals surface area contributed by atoms with E-state index in [0.717, 1.165) is 17.1 Å². The molecule has 0 amide bonds. The van der Waals surface area contributed by atoms with Crippen molar-refractivity contribution >= 4 is 49.4 Å². The molecule has 1 N–H and O–H groups in total. The number of aryl methyl sites for hydroxylation is 1. The Morgan fingerprint density at radius 3 is 1.59 bits per heavy atom. The third-order valence-electron chi connectivity index (χ3n) is 7.65. The van der Waals surface area contributed by atoms with E-state index in [-0.39, 0.29) is 5.75 Å². The van der Waals surface area contributed by atoms with Crippen molar-refractivity contribution in [3.8, 4) is 16.9 Å². The highest BCUT2D eigenvalue weighted by Gasteiger charge is 2.19. The summed E-state index contributed by atoms with van der Waals surface area (Å²) >= 11 is 0. The zero-order chi connectivity index (χ0) is 26.3. The first-order chi connectivity index (χ1) is 19.2. The number of aromatic hydroxyl groups is 1. The minimum atomic E-state index is 0.253. The molecule has 0 aromatic heterocycles. The minimum Gasteiger partial charge on any atom is -0.508 e. The predicted molar refractivity (Wildman–Crippen MR) is 165 cm³/mol. The van der Waals surface area contributed by atoms with Crippen LogP contribution < -0.4 is 4.90 Å². The van der Waals surface area contributed by atoms with Gasteiger partial charge >= 0.3 is 0 Å². The van der Waals surface area contributed by atoms with E-state index < -0.39 is 0 Å².